The zero-order chi connectivity index (χ0) is 7.68. The molecule has 0 aromatic carbocycles. The van der Waals surface area contributed by atoms with Crippen LogP contribution in [0.1, 0.15) is 32.1 Å². The summed E-state index contributed by atoms with van der Waals surface area (Å²) in [7, 11) is 1.34. The van der Waals surface area contributed by atoms with E-state index < -0.39 is 0 Å². The first-order valence-electron chi connectivity index (χ1n) is 4.80. The highest BCUT2D eigenvalue weighted by Gasteiger charge is 2.17. The molecule has 0 radical (unpaired) electrons. The number of hydrogen-bond acceptors (Lipinski definition) is 0. The lowest BCUT2D eigenvalue weighted by Crippen LogP contribution is -1.93. The van der Waals surface area contributed by atoms with E-state index in [9.17, 15) is 0 Å². The summed E-state index contributed by atoms with van der Waals surface area (Å²) in [4.78, 5) is 0. The van der Waals surface area contributed by atoms with Crippen molar-refractivity contribution in [3.8, 4) is 0 Å². The van der Waals surface area contributed by atoms with Crippen molar-refractivity contribution < 1.29 is 0 Å². The minimum Gasteiger partial charge on any atom is -0.0694 e. The van der Waals surface area contributed by atoms with Crippen LogP contribution in [0.2, 0.25) is 6.04 Å². The lowest BCUT2D eigenvalue weighted by molar-refractivity contribution is 0.679. The average Bonchev–Trinajstić information content (AvgIpc) is 2.46. The number of rotatable bonds is 1. The first-order valence-corrected chi connectivity index (χ1v) is 6.22. The SMILES string of the molecule is [SiH3]CC1=CC2=C(CCCC2)C1. The van der Waals surface area contributed by atoms with Gasteiger partial charge < -0.3 is 0 Å². The summed E-state index contributed by atoms with van der Waals surface area (Å²) in [6.45, 7) is 0. The van der Waals surface area contributed by atoms with E-state index in [2.05, 4.69) is 6.08 Å². The van der Waals surface area contributed by atoms with Crippen LogP contribution < -0.4 is 0 Å². The van der Waals surface area contributed by atoms with Crippen LogP contribution in [-0.4, -0.2) is 10.2 Å². The first kappa shape index (κ1) is 7.35. The summed E-state index contributed by atoms with van der Waals surface area (Å²) in [6.07, 6.45) is 9.49. The van der Waals surface area contributed by atoms with Crippen LogP contribution in [0.4, 0.5) is 0 Å². The van der Waals surface area contributed by atoms with E-state index in [4.69, 9.17) is 0 Å². The Bertz CT molecular complexity index is 223. The predicted molar refractivity (Wildman–Crippen MR) is 52.9 cm³/mol. The summed E-state index contributed by atoms with van der Waals surface area (Å²) in [6, 6.07) is 1.40. The van der Waals surface area contributed by atoms with Gasteiger partial charge in [0.15, 0.2) is 0 Å². The molecule has 0 saturated heterocycles. The van der Waals surface area contributed by atoms with Crippen molar-refractivity contribution in [3.63, 3.8) is 0 Å². The Hall–Kier alpha value is -0.303. The zero-order valence-electron chi connectivity index (χ0n) is 7.32. The quantitative estimate of drug-likeness (QED) is 0.520. The van der Waals surface area contributed by atoms with Crippen molar-refractivity contribution in [2.75, 3.05) is 0 Å². The lowest BCUT2D eigenvalue weighted by atomic mass is 9.94. The molecule has 0 aliphatic heterocycles. The van der Waals surface area contributed by atoms with E-state index in [1.807, 2.05) is 0 Å². The molecule has 0 nitrogen and oxygen atoms in total. The highest BCUT2D eigenvalue weighted by Crippen LogP contribution is 2.36. The Labute approximate surface area is 71.8 Å². The Kier molecular flexibility index (Phi) is 1.99. The molecule has 0 aromatic heterocycles. The van der Waals surface area contributed by atoms with Crippen LogP contribution in [0.5, 0.6) is 0 Å². The van der Waals surface area contributed by atoms with E-state index in [0.717, 1.165) is 0 Å². The molecule has 0 N–H and O–H groups in total. The third-order valence-corrected chi connectivity index (χ3v) is 3.81. The van der Waals surface area contributed by atoms with Crippen molar-refractivity contribution in [3.05, 3.63) is 22.8 Å². The second-order valence-electron chi connectivity index (χ2n) is 3.67. The van der Waals surface area contributed by atoms with Crippen LogP contribution >= 0.6 is 0 Å². The molecule has 0 fully saturated rings. The van der Waals surface area contributed by atoms with Crippen molar-refractivity contribution in [1.29, 1.82) is 0 Å². The fourth-order valence-electron chi connectivity index (χ4n) is 2.17. The van der Waals surface area contributed by atoms with Crippen molar-refractivity contribution >= 4 is 10.2 Å². The van der Waals surface area contributed by atoms with E-state index in [0.29, 0.717) is 0 Å². The van der Waals surface area contributed by atoms with Gasteiger partial charge in [0, 0.05) is 10.2 Å². The van der Waals surface area contributed by atoms with Crippen LogP contribution in [-0.2, 0) is 0 Å². The Morgan fingerprint density at radius 2 is 2.09 bits per heavy atom. The maximum atomic E-state index is 2.49. The van der Waals surface area contributed by atoms with Gasteiger partial charge >= 0.3 is 0 Å². The van der Waals surface area contributed by atoms with Gasteiger partial charge in [0.1, 0.15) is 0 Å². The Morgan fingerprint density at radius 1 is 1.27 bits per heavy atom. The highest BCUT2D eigenvalue weighted by molar-refractivity contribution is 6.10. The van der Waals surface area contributed by atoms with Gasteiger partial charge in [0.05, 0.1) is 0 Å². The fourth-order valence-corrected chi connectivity index (χ4v) is 2.62. The molecule has 0 aromatic rings. The van der Waals surface area contributed by atoms with Gasteiger partial charge in [-0.2, -0.15) is 0 Å². The van der Waals surface area contributed by atoms with Crippen LogP contribution in [0.15, 0.2) is 22.8 Å². The molecule has 0 atom stereocenters. The monoisotopic (exact) mass is 164 g/mol. The van der Waals surface area contributed by atoms with Crippen molar-refractivity contribution in [1.82, 2.24) is 0 Å². The minimum atomic E-state index is 1.34. The zero-order valence-corrected chi connectivity index (χ0v) is 9.32. The lowest BCUT2D eigenvalue weighted by Gasteiger charge is -2.12. The van der Waals surface area contributed by atoms with E-state index in [-0.39, 0.29) is 0 Å². The topological polar surface area (TPSA) is 0 Å². The Morgan fingerprint density at radius 3 is 2.82 bits per heavy atom. The van der Waals surface area contributed by atoms with Gasteiger partial charge in [-0.1, -0.05) is 17.2 Å². The number of hydrogen-bond donors (Lipinski definition) is 0. The highest BCUT2D eigenvalue weighted by atomic mass is 28.1. The third-order valence-electron chi connectivity index (χ3n) is 2.90. The van der Waals surface area contributed by atoms with Gasteiger partial charge in [-0.3, -0.25) is 0 Å². The summed E-state index contributed by atoms with van der Waals surface area (Å²) >= 11 is 0. The second-order valence-corrected chi connectivity index (χ2v) is 4.38. The van der Waals surface area contributed by atoms with Crippen LogP contribution in [0, 0.1) is 0 Å². The van der Waals surface area contributed by atoms with Crippen LogP contribution in [0.25, 0.3) is 0 Å². The number of allylic oxidation sites excluding steroid dienone is 4. The van der Waals surface area contributed by atoms with E-state index in [1.165, 1.54) is 48.4 Å². The Balaban J connectivity index is 2.14. The molecule has 60 valence electrons. The smallest absolute Gasteiger partial charge is 0.00793 e. The molecule has 0 bridgehead atoms. The predicted octanol–water partition coefficient (Wildman–Crippen LogP) is 1.97. The van der Waals surface area contributed by atoms with E-state index in [1.54, 1.807) is 16.7 Å². The molecular formula is C10H16Si. The van der Waals surface area contributed by atoms with Gasteiger partial charge in [-0.05, 0) is 43.7 Å². The van der Waals surface area contributed by atoms with Crippen LogP contribution in [0.3, 0.4) is 0 Å². The van der Waals surface area contributed by atoms with E-state index >= 15 is 0 Å². The molecule has 0 unspecified atom stereocenters. The molecule has 2 rings (SSSR count). The van der Waals surface area contributed by atoms with Gasteiger partial charge in [0.2, 0.25) is 0 Å². The largest absolute Gasteiger partial charge is 0.0694 e. The van der Waals surface area contributed by atoms with Gasteiger partial charge in [-0.25, -0.2) is 0 Å². The first-order chi connectivity index (χ1) is 5.40. The summed E-state index contributed by atoms with van der Waals surface area (Å²) in [5.74, 6) is 0. The standard InChI is InChI=1S/C10H16Si/c11-7-8-5-9-3-1-2-4-10(9)6-8/h5H,1-4,6-7H2,11H3. The molecule has 0 amide bonds. The molecule has 1 heteroatoms. The van der Waals surface area contributed by atoms with Crippen molar-refractivity contribution in [2.45, 2.75) is 38.1 Å². The van der Waals surface area contributed by atoms with Crippen molar-refractivity contribution in [2.24, 2.45) is 0 Å². The normalized spacial score (nSPS) is 23.8. The summed E-state index contributed by atoms with van der Waals surface area (Å²) < 4.78 is 0. The summed E-state index contributed by atoms with van der Waals surface area (Å²) in [5, 5.41) is 0. The average molecular weight is 164 g/mol. The summed E-state index contributed by atoms with van der Waals surface area (Å²) in [5.41, 5.74) is 5.22. The second kappa shape index (κ2) is 2.98. The molecule has 2 aliphatic rings. The molecule has 0 saturated carbocycles. The molecule has 2 aliphatic carbocycles. The third kappa shape index (κ3) is 1.34. The van der Waals surface area contributed by atoms with Gasteiger partial charge in [0.25, 0.3) is 0 Å². The molecule has 11 heavy (non-hydrogen) atoms. The minimum absolute atomic E-state index is 1.34. The fraction of sp³-hybridized carbons (Fsp3) is 0.600. The molecule has 0 spiro atoms. The molecule has 0 heterocycles. The maximum absolute atomic E-state index is 2.49. The van der Waals surface area contributed by atoms with Gasteiger partial charge in [-0.15, -0.1) is 0 Å². The molecular weight excluding hydrogens is 148 g/mol. The maximum Gasteiger partial charge on any atom is 0.00793 e.